The number of nitrogens with one attached hydrogen (secondary N) is 1. The number of tetrazole rings is 1. The first-order chi connectivity index (χ1) is 18.0. The highest BCUT2D eigenvalue weighted by atomic mass is 35.5. The molecule has 202 valence electrons. The number of H-pyrrole nitrogens is 1. The molecule has 1 amide bonds. The van der Waals surface area contributed by atoms with E-state index in [9.17, 15) is 23.1 Å². The summed E-state index contributed by atoms with van der Waals surface area (Å²) in [4.78, 5) is 17.5. The van der Waals surface area contributed by atoms with Gasteiger partial charge in [0.1, 0.15) is 0 Å². The molecule has 2 aliphatic rings. The smallest absolute Gasteiger partial charge is 0.372 e. The maximum Gasteiger partial charge on any atom is 0.416 e. The maximum absolute atomic E-state index is 14.5. The summed E-state index contributed by atoms with van der Waals surface area (Å²) in [5, 5.41) is 25.3. The lowest BCUT2D eigenvalue weighted by atomic mass is 9.78. The molecule has 38 heavy (non-hydrogen) atoms. The molecule has 1 aromatic heterocycles. The monoisotopic (exact) mass is 568 g/mol. The number of alkyl halides is 3. The number of aromatic amines is 1. The van der Waals surface area contributed by atoms with Crippen LogP contribution in [0.25, 0.3) is 11.4 Å². The Morgan fingerprint density at radius 2 is 1.89 bits per heavy atom. The van der Waals surface area contributed by atoms with Crippen molar-refractivity contribution in [1.29, 1.82) is 0 Å². The zero-order valence-electron chi connectivity index (χ0n) is 20.6. The Labute approximate surface area is 226 Å². The molecule has 0 bridgehead atoms. The average molecular weight is 569 g/mol. The SMILES string of the molecule is CCN(CC)C1CC(CN2C(=O)C(O)(c3ccc(Cl)cc3Cl)c3c2cc(-c2nn[nH]n2)cc3C(F)(F)F)C1. The summed E-state index contributed by atoms with van der Waals surface area (Å²) in [5.41, 5.74) is -4.68. The lowest BCUT2D eigenvalue weighted by molar-refractivity contribution is -0.142. The van der Waals surface area contributed by atoms with Crippen LogP contribution >= 0.6 is 23.2 Å². The molecule has 5 rings (SSSR count). The molecule has 1 saturated carbocycles. The van der Waals surface area contributed by atoms with Gasteiger partial charge in [-0.3, -0.25) is 4.79 Å². The Morgan fingerprint density at radius 3 is 2.47 bits per heavy atom. The largest absolute Gasteiger partial charge is 0.416 e. The molecule has 13 heteroatoms. The number of amides is 1. The quantitative estimate of drug-likeness (QED) is 0.421. The minimum absolute atomic E-state index is 0.00343. The standard InChI is InChI=1S/C25H25Cl2F3N6O2/c1-3-35(4-2)16-7-13(8-16)12-36-20-10-14(22-31-33-34-32-22)9-18(25(28,29)30)21(20)24(38,23(36)37)17-6-5-15(26)11-19(17)27/h5-6,9-11,13,16,38H,3-4,7-8,12H2,1-2H3,(H,31,32,33,34). The number of nitrogens with zero attached hydrogens (tertiary/aromatic N) is 5. The molecule has 8 nitrogen and oxygen atoms in total. The van der Waals surface area contributed by atoms with E-state index in [1.54, 1.807) is 0 Å². The Hall–Kier alpha value is -2.73. The third kappa shape index (κ3) is 4.35. The molecule has 2 N–H and O–H groups in total. The predicted molar refractivity (Wildman–Crippen MR) is 136 cm³/mol. The summed E-state index contributed by atoms with van der Waals surface area (Å²) in [6.07, 6.45) is -3.34. The molecule has 1 aliphatic heterocycles. The van der Waals surface area contributed by atoms with Crippen LogP contribution in [0.2, 0.25) is 10.0 Å². The number of benzene rings is 2. The fraction of sp³-hybridized carbons (Fsp3) is 0.440. The van der Waals surface area contributed by atoms with Crippen LogP contribution < -0.4 is 4.90 Å². The van der Waals surface area contributed by atoms with Crippen molar-refractivity contribution in [1.82, 2.24) is 25.5 Å². The second kappa shape index (κ2) is 9.78. The second-order valence-electron chi connectivity index (χ2n) is 9.61. The molecule has 0 saturated heterocycles. The van der Waals surface area contributed by atoms with E-state index < -0.39 is 28.8 Å². The highest BCUT2D eigenvalue weighted by Crippen LogP contribution is 2.53. The van der Waals surface area contributed by atoms with Gasteiger partial charge in [0, 0.05) is 39.3 Å². The van der Waals surface area contributed by atoms with Crippen LogP contribution in [0.1, 0.15) is 43.4 Å². The third-order valence-electron chi connectivity index (χ3n) is 7.54. The zero-order valence-corrected chi connectivity index (χ0v) is 22.1. The van der Waals surface area contributed by atoms with Gasteiger partial charge in [0.2, 0.25) is 5.82 Å². The van der Waals surface area contributed by atoms with Crippen molar-refractivity contribution in [2.45, 2.75) is 44.5 Å². The Balaban J connectivity index is 1.66. The van der Waals surface area contributed by atoms with E-state index in [2.05, 4.69) is 39.4 Å². The number of hydrogen-bond acceptors (Lipinski definition) is 6. The van der Waals surface area contributed by atoms with Crippen molar-refractivity contribution in [3.63, 3.8) is 0 Å². The second-order valence-corrected chi connectivity index (χ2v) is 10.5. The first-order valence-electron chi connectivity index (χ1n) is 12.2. The average Bonchev–Trinajstić information content (AvgIpc) is 3.44. The number of aromatic nitrogens is 4. The molecular formula is C25H25Cl2F3N6O2. The number of rotatable bonds is 7. The van der Waals surface area contributed by atoms with Gasteiger partial charge in [0.05, 0.1) is 11.3 Å². The Kier molecular flexibility index (Phi) is 6.91. The van der Waals surface area contributed by atoms with Crippen LogP contribution in [0.15, 0.2) is 30.3 Å². The van der Waals surface area contributed by atoms with Crippen LogP contribution in [0.3, 0.4) is 0 Å². The van der Waals surface area contributed by atoms with Crippen LogP contribution in [-0.2, 0) is 16.6 Å². The molecule has 1 aliphatic carbocycles. The van der Waals surface area contributed by atoms with Gasteiger partial charge in [-0.2, -0.15) is 18.4 Å². The highest BCUT2D eigenvalue weighted by molar-refractivity contribution is 6.35. The molecule has 1 unspecified atom stereocenters. The van der Waals surface area contributed by atoms with Crippen molar-refractivity contribution in [2.24, 2.45) is 5.92 Å². The van der Waals surface area contributed by atoms with Gasteiger partial charge in [-0.15, -0.1) is 10.2 Å². The van der Waals surface area contributed by atoms with Crippen molar-refractivity contribution in [3.8, 4) is 11.4 Å². The predicted octanol–water partition coefficient (Wildman–Crippen LogP) is 4.90. The van der Waals surface area contributed by atoms with E-state index in [0.717, 1.165) is 32.0 Å². The van der Waals surface area contributed by atoms with E-state index in [1.165, 1.54) is 29.2 Å². The van der Waals surface area contributed by atoms with Crippen molar-refractivity contribution in [2.75, 3.05) is 24.5 Å². The van der Waals surface area contributed by atoms with E-state index in [1.807, 2.05) is 0 Å². The van der Waals surface area contributed by atoms with Crippen molar-refractivity contribution >= 4 is 34.8 Å². The van der Waals surface area contributed by atoms with Gasteiger partial charge >= 0.3 is 6.18 Å². The molecule has 2 heterocycles. The number of halogens is 5. The van der Waals surface area contributed by atoms with Gasteiger partial charge in [-0.05, 0) is 61.3 Å². The lowest BCUT2D eigenvalue weighted by Gasteiger charge is -2.43. The van der Waals surface area contributed by atoms with Gasteiger partial charge in [0.25, 0.3) is 5.91 Å². The third-order valence-corrected chi connectivity index (χ3v) is 8.08. The van der Waals surface area contributed by atoms with Crippen LogP contribution in [0.5, 0.6) is 0 Å². The van der Waals surface area contributed by atoms with Crippen molar-refractivity contribution < 1.29 is 23.1 Å². The number of carbonyl (C=O) groups excluding carboxylic acids is 1. The number of hydrogen-bond donors (Lipinski definition) is 2. The van der Waals surface area contributed by atoms with E-state index in [4.69, 9.17) is 23.2 Å². The summed E-state index contributed by atoms with van der Waals surface area (Å²) in [5.74, 6) is -0.932. The van der Waals surface area contributed by atoms with Crippen LogP contribution in [-0.4, -0.2) is 62.2 Å². The van der Waals surface area contributed by atoms with Crippen molar-refractivity contribution in [3.05, 3.63) is 57.1 Å². The summed E-state index contributed by atoms with van der Waals surface area (Å²) in [6, 6.07) is 6.48. The summed E-state index contributed by atoms with van der Waals surface area (Å²) >= 11 is 12.4. The van der Waals surface area contributed by atoms with E-state index in [-0.39, 0.29) is 45.1 Å². The Morgan fingerprint density at radius 1 is 1.18 bits per heavy atom. The minimum atomic E-state index is -4.92. The topological polar surface area (TPSA) is 98.2 Å². The number of aliphatic hydroxyl groups is 1. The van der Waals surface area contributed by atoms with E-state index in [0.29, 0.717) is 6.04 Å². The molecule has 1 atom stereocenters. The number of fused-ring (bicyclic) bond motifs is 1. The fourth-order valence-electron chi connectivity index (χ4n) is 5.63. The van der Waals surface area contributed by atoms with Crippen LogP contribution in [0, 0.1) is 5.92 Å². The number of anilines is 1. The number of carbonyl (C=O) groups is 1. The summed E-state index contributed by atoms with van der Waals surface area (Å²) in [6.45, 7) is 6.06. The maximum atomic E-state index is 14.5. The van der Waals surface area contributed by atoms with Gasteiger partial charge in [-0.1, -0.05) is 43.1 Å². The summed E-state index contributed by atoms with van der Waals surface area (Å²) in [7, 11) is 0. The van der Waals surface area contributed by atoms with Gasteiger partial charge < -0.3 is 14.9 Å². The lowest BCUT2D eigenvalue weighted by Crippen LogP contribution is -2.50. The normalized spacial score (nSPS) is 23.2. The van der Waals surface area contributed by atoms with Gasteiger partial charge in [0.15, 0.2) is 5.60 Å². The van der Waals surface area contributed by atoms with E-state index >= 15 is 0 Å². The first kappa shape index (κ1) is 26.9. The molecule has 1 fully saturated rings. The molecule has 0 radical (unpaired) electrons. The van der Waals surface area contributed by atoms with Gasteiger partial charge in [-0.25, -0.2) is 0 Å². The summed E-state index contributed by atoms with van der Waals surface area (Å²) < 4.78 is 43.6. The molecular weight excluding hydrogens is 544 g/mol. The molecule has 0 spiro atoms. The minimum Gasteiger partial charge on any atom is -0.372 e. The first-order valence-corrected chi connectivity index (χ1v) is 13.0. The molecule has 3 aromatic rings. The fourth-order valence-corrected chi connectivity index (χ4v) is 6.17. The molecule has 2 aromatic carbocycles. The van der Waals surface area contributed by atoms with Crippen LogP contribution in [0.4, 0.5) is 18.9 Å². The zero-order chi connectivity index (χ0) is 27.4. The highest BCUT2D eigenvalue weighted by Gasteiger charge is 2.57. The Bertz CT molecular complexity index is 1360.